The van der Waals surface area contributed by atoms with Gasteiger partial charge >= 0.3 is 17.9 Å². The largest absolute Gasteiger partial charge is 0.477 e. The van der Waals surface area contributed by atoms with Crippen LogP contribution in [0.25, 0.3) is 0 Å². The fraction of sp³-hybridized carbons (Fsp3) is 0.821. The second kappa shape index (κ2) is 21.2. The average molecular weight is 515 g/mol. The smallest absolute Gasteiger partial charge is 0.362 e. The van der Waals surface area contributed by atoms with Gasteiger partial charge in [-0.15, -0.1) is 0 Å². The number of carbonyl (C=O) groups is 3. The van der Waals surface area contributed by atoms with Gasteiger partial charge in [-0.2, -0.15) is 0 Å². The molecule has 2 atom stereocenters. The number of unbranched alkanes of at least 4 members (excludes halogenated alkanes) is 7. The maximum absolute atomic E-state index is 12.4. The first kappa shape index (κ1) is 34.1. The number of ether oxygens (including phenoxy) is 3. The Kier molecular flexibility index (Phi) is 20.0. The van der Waals surface area contributed by atoms with Crippen molar-refractivity contribution in [3.8, 4) is 0 Å². The summed E-state index contributed by atoms with van der Waals surface area (Å²) in [6.07, 6.45) is 15.0. The zero-order chi connectivity index (χ0) is 27.2. The Bertz CT molecular complexity index is 628. The first-order valence-electron chi connectivity index (χ1n) is 13.7. The van der Waals surface area contributed by atoms with Crippen molar-refractivity contribution in [2.24, 2.45) is 0 Å². The van der Waals surface area contributed by atoms with Gasteiger partial charge in [-0.05, 0) is 32.1 Å². The highest BCUT2D eigenvalue weighted by Gasteiger charge is 2.31. The van der Waals surface area contributed by atoms with Crippen LogP contribution in [-0.4, -0.2) is 80.6 Å². The molecule has 0 aliphatic rings. The molecule has 0 bridgehead atoms. The summed E-state index contributed by atoms with van der Waals surface area (Å²) in [6, 6.07) is -0.606. The Labute approximate surface area is 218 Å². The second-order valence-corrected chi connectivity index (χ2v) is 10.3. The number of carbonyl (C=O) groups excluding carboxylic acids is 2. The average Bonchev–Trinajstić information content (AvgIpc) is 2.80. The summed E-state index contributed by atoms with van der Waals surface area (Å²) in [5.41, 5.74) is 0. The van der Waals surface area contributed by atoms with E-state index in [1.54, 1.807) is 0 Å². The summed E-state index contributed by atoms with van der Waals surface area (Å²) in [5.74, 6) is -1.53. The molecule has 8 nitrogen and oxygen atoms in total. The number of nitrogens with zero attached hydrogens (tertiary/aromatic N) is 1. The molecule has 2 unspecified atom stereocenters. The van der Waals surface area contributed by atoms with E-state index in [2.05, 4.69) is 19.1 Å². The number of carboxylic acids is 1. The van der Waals surface area contributed by atoms with Gasteiger partial charge in [-0.25, -0.2) is 4.79 Å². The summed E-state index contributed by atoms with van der Waals surface area (Å²) in [7, 11) is 5.47. The molecule has 1 N–H and O–H groups in total. The van der Waals surface area contributed by atoms with Gasteiger partial charge in [0.25, 0.3) is 0 Å². The fourth-order valence-electron chi connectivity index (χ4n) is 3.66. The maximum Gasteiger partial charge on any atom is 0.362 e. The number of rotatable bonds is 23. The van der Waals surface area contributed by atoms with Crippen molar-refractivity contribution in [2.45, 2.75) is 109 Å². The van der Waals surface area contributed by atoms with E-state index < -0.39 is 18.1 Å². The number of carboxylic acid groups (broad SMARTS) is 1. The van der Waals surface area contributed by atoms with E-state index in [0.29, 0.717) is 19.3 Å². The summed E-state index contributed by atoms with van der Waals surface area (Å²) >= 11 is 0. The minimum atomic E-state index is -0.883. The molecule has 0 amide bonds. The van der Waals surface area contributed by atoms with Gasteiger partial charge in [0.15, 0.2) is 12.1 Å². The number of allylic oxidation sites excluding steroid dienone is 2. The summed E-state index contributed by atoms with van der Waals surface area (Å²) in [6.45, 7) is 4.38. The number of hydrogen-bond donors (Lipinski definition) is 1. The van der Waals surface area contributed by atoms with Crippen LogP contribution < -0.4 is 0 Å². The minimum absolute atomic E-state index is 0.0574. The third-order valence-corrected chi connectivity index (χ3v) is 5.90. The lowest BCUT2D eigenvalue weighted by Gasteiger charge is -2.31. The Morgan fingerprint density at radius 1 is 0.806 bits per heavy atom. The number of likely N-dealkylation sites (N-methyl/N-ethyl adjacent to an activating group) is 1. The number of quaternary nitrogens is 1. The monoisotopic (exact) mass is 514 g/mol. The number of esters is 2. The van der Waals surface area contributed by atoms with E-state index in [1.165, 1.54) is 12.8 Å². The van der Waals surface area contributed by atoms with Crippen molar-refractivity contribution in [1.29, 1.82) is 0 Å². The lowest BCUT2D eigenvalue weighted by atomic mass is 10.1. The van der Waals surface area contributed by atoms with Gasteiger partial charge in [-0.1, -0.05) is 58.1 Å². The van der Waals surface area contributed by atoms with Gasteiger partial charge in [0.05, 0.1) is 34.4 Å². The molecule has 0 aromatic carbocycles. The Hall–Kier alpha value is -1.93. The van der Waals surface area contributed by atoms with Gasteiger partial charge in [-0.3, -0.25) is 9.59 Å². The number of hydrogen-bond acceptors (Lipinski definition) is 6. The standard InChI is InChI=1S/C28H51NO7/c1-6-8-10-11-12-13-14-15-16-17-19-27(31)36-24(23-35-26(30)18-9-7-2)22-34-21-20-25(28(32)33)29(3,4)5/h10-11,24-25H,6-9,12-23H2,1-5H3/p+1/b11-10-. The van der Waals surface area contributed by atoms with Crippen molar-refractivity contribution < 1.29 is 38.2 Å². The van der Waals surface area contributed by atoms with Crippen LogP contribution in [0.2, 0.25) is 0 Å². The van der Waals surface area contributed by atoms with E-state index in [-0.39, 0.29) is 36.2 Å². The van der Waals surface area contributed by atoms with Crippen LogP contribution in [0.1, 0.15) is 97.3 Å². The molecule has 0 aromatic rings. The van der Waals surface area contributed by atoms with Crippen LogP contribution in [0.15, 0.2) is 12.2 Å². The summed E-state index contributed by atoms with van der Waals surface area (Å²) < 4.78 is 16.7. The Balaban J connectivity index is 4.44. The maximum atomic E-state index is 12.4. The van der Waals surface area contributed by atoms with Crippen LogP contribution in [0.5, 0.6) is 0 Å². The van der Waals surface area contributed by atoms with E-state index in [9.17, 15) is 19.5 Å². The zero-order valence-electron chi connectivity index (χ0n) is 23.5. The van der Waals surface area contributed by atoms with E-state index in [0.717, 1.165) is 51.4 Å². The molecule has 36 heavy (non-hydrogen) atoms. The first-order valence-corrected chi connectivity index (χ1v) is 13.7. The topological polar surface area (TPSA) is 99.1 Å². The molecule has 8 heteroatoms. The first-order chi connectivity index (χ1) is 17.1. The van der Waals surface area contributed by atoms with E-state index in [1.807, 2.05) is 28.1 Å². The van der Waals surface area contributed by atoms with Crippen molar-refractivity contribution in [3.63, 3.8) is 0 Å². The predicted octanol–water partition coefficient (Wildman–Crippen LogP) is 5.28. The van der Waals surface area contributed by atoms with Crippen LogP contribution >= 0.6 is 0 Å². The fourth-order valence-corrected chi connectivity index (χ4v) is 3.66. The van der Waals surface area contributed by atoms with Crippen molar-refractivity contribution in [3.05, 3.63) is 12.2 Å². The van der Waals surface area contributed by atoms with Crippen LogP contribution in [-0.2, 0) is 28.6 Å². The molecule has 0 fully saturated rings. The second-order valence-electron chi connectivity index (χ2n) is 10.3. The van der Waals surface area contributed by atoms with Crippen molar-refractivity contribution in [2.75, 3.05) is 41.0 Å². The van der Waals surface area contributed by atoms with Gasteiger partial charge < -0.3 is 23.8 Å². The minimum Gasteiger partial charge on any atom is -0.477 e. The van der Waals surface area contributed by atoms with Gasteiger partial charge in [0.2, 0.25) is 0 Å². The molecule has 0 radical (unpaired) electrons. The predicted molar refractivity (Wildman–Crippen MR) is 142 cm³/mol. The lowest BCUT2D eigenvalue weighted by Crippen LogP contribution is -2.50. The highest BCUT2D eigenvalue weighted by molar-refractivity contribution is 5.72. The third kappa shape index (κ3) is 19.3. The molecule has 0 spiro atoms. The van der Waals surface area contributed by atoms with Crippen LogP contribution in [0, 0.1) is 0 Å². The molecule has 210 valence electrons. The van der Waals surface area contributed by atoms with Gasteiger partial charge in [0, 0.05) is 19.3 Å². The van der Waals surface area contributed by atoms with Crippen molar-refractivity contribution in [1.82, 2.24) is 0 Å². The Morgan fingerprint density at radius 2 is 1.44 bits per heavy atom. The van der Waals surface area contributed by atoms with E-state index >= 15 is 0 Å². The highest BCUT2D eigenvalue weighted by atomic mass is 16.6. The molecule has 0 rings (SSSR count). The molecule has 0 saturated heterocycles. The highest BCUT2D eigenvalue weighted by Crippen LogP contribution is 2.11. The lowest BCUT2D eigenvalue weighted by molar-refractivity contribution is -0.887. The molecule has 0 aliphatic carbocycles. The van der Waals surface area contributed by atoms with Crippen LogP contribution in [0.4, 0.5) is 0 Å². The van der Waals surface area contributed by atoms with Crippen molar-refractivity contribution >= 4 is 17.9 Å². The Morgan fingerprint density at radius 3 is 2.08 bits per heavy atom. The zero-order valence-corrected chi connectivity index (χ0v) is 23.5. The van der Waals surface area contributed by atoms with E-state index in [4.69, 9.17) is 14.2 Å². The van der Waals surface area contributed by atoms with Gasteiger partial charge in [0.1, 0.15) is 6.61 Å². The number of aliphatic carboxylic acids is 1. The SMILES string of the molecule is CCC/C=C\CCCCCCCC(=O)OC(COCCC(C(=O)O)[N+](C)(C)C)COC(=O)CCCC. The molecule has 0 aromatic heterocycles. The molecule has 0 aliphatic heterocycles. The normalized spacial score (nSPS) is 13.5. The third-order valence-electron chi connectivity index (χ3n) is 5.90. The molecule has 0 heterocycles. The van der Waals surface area contributed by atoms with Crippen LogP contribution in [0.3, 0.4) is 0 Å². The molecular formula is C28H52NO7+. The quantitative estimate of drug-likeness (QED) is 0.0856. The summed E-state index contributed by atoms with van der Waals surface area (Å²) in [5, 5.41) is 9.45. The summed E-state index contributed by atoms with van der Waals surface area (Å²) in [4.78, 5) is 35.8. The molecule has 0 saturated carbocycles. The molecular weight excluding hydrogens is 462 g/mol.